The lowest BCUT2D eigenvalue weighted by Gasteiger charge is -2.38. The zero-order valence-electron chi connectivity index (χ0n) is 31.1. The molecule has 0 fully saturated rings. The molecule has 4 unspecified atom stereocenters. The minimum atomic E-state index is -0.226. The molecule has 6 nitrogen and oxygen atoms in total. The molecule has 0 bridgehead atoms. The summed E-state index contributed by atoms with van der Waals surface area (Å²) < 4.78 is 0. The van der Waals surface area contributed by atoms with Crippen LogP contribution in [0.3, 0.4) is 0 Å². The number of amides is 2. The van der Waals surface area contributed by atoms with Crippen LogP contribution in [-0.4, -0.2) is 36.5 Å². The molecule has 2 aliphatic rings. The Labute approximate surface area is 280 Å². The summed E-state index contributed by atoms with van der Waals surface area (Å²) in [6.07, 6.45) is 16.4. The normalized spacial score (nSPS) is 23.5. The minimum absolute atomic E-state index is 0.0611. The molecular formula is C40H64N2O4. The molecule has 0 aromatic heterocycles. The monoisotopic (exact) mass is 636 g/mol. The summed E-state index contributed by atoms with van der Waals surface area (Å²) in [5.41, 5.74) is 1.02. The van der Waals surface area contributed by atoms with Crippen molar-refractivity contribution in [2.75, 3.05) is 13.1 Å². The van der Waals surface area contributed by atoms with Crippen molar-refractivity contribution in [2.24, 2.45) is 45.3 Å². The molecular weight excluding hydrogens is 572 g/mol. The van der Waals surface area contributed by atoms with E-state index in [9.17, 15) is 19.2 Å². The maximum atomic E-state index is 13.2. The van der Waals surface area contributed by atoms with E-state index in [4.69, 9.17) is 0 Å². The number of ketones is 2. The summed E-state index contributed by atoms with van der Waals surface area (Å²) >= 11 is 0. The molecule has 2 amide bonds. The molecule has 258 valence electrons. The van der Waals surface area contributed by atoms with Gasteiger partial charge in [0.2, 0.25) is 11.8 Å². The molecule has 0 saturated heterocycles. The van der Waals surface area contributed by atoms with E-state index in [0.717, 1.165) is 49.7 Å². The van der Waals surface area contributed by atoms with Crippen molar-refractivity contribution in [2.45, 2.75) is 122 Å². The maximum absolute atomic E-state index is 13.2. The highest BCUT2D eigenvalue weighted by Crippen LogP contribution is 2.44. The second-order valence-corrected chi connectivity index (χ2v) is 17.7. The number of hydrogen-bond donors (Lipinski definition) is 2. The van der Waals surface area contributed by atoms with E-state index < -0.39 is 0 Å². The molecule has 0 aromatic rings. The molecule has 2 rings (SSSR count). The van der Waals surface area contributed by atoms with Gasteiger partial charge < -0.3 is 10.6 Å². The lowest BCUT2D eigenvalue weighted by molar-refractivity contribution is -0.125. The van der Waals surface area contributed by atoms with Crippen LogP contribution >= 0.6 is 0 Å². The van der Waals surface area contributed by atoms with Gasteiger partial charge in [0.25, 0.3) is 0 Å². The van der Waals surface area contributed by atoms with Crippen molar-refractivity contribution in [3.8, 4) is 0 Å². The average molecular weight is 637 g/mol. The highest BCUT2D eigenvalue weighted by Gasteiger charge is 2.41. The Morgan fingerprint density at radius 1 is 0.609 bits per heavy atom. The molecule has 0 aliphatic heterocycles. The second-order valence-electron chi connectivity index (χ2n) is 17.7. The summed E-state index contributed by atoms with van der Waals surface area (Å²) in [6, 6.07) is 0. The summed E-state index contributed by atoms with van der Waals surface area (Å²) in [5.74, 6) is 0.287. The van der Waals surface area contributed by atoms with E-state index in [1.807, 2.05) is 12.2 Å². The highest BCUT2D eigenvalue weighted by molar-refractivity contribution is 6.00. The van der Waals surface area contributed by atoms with Gasteiger partial charge in [0, 0.05) is 24.9 Å². The molecule has 6 heteroatoms. The van der Waals surface area contributed by atoms with E-state index in [-0.39, 0.29) is 68.7 Å². The minimum Gasteiger partial charge on any atom is -0.353 e. The van der Waals surface area contributed by atoms with E-state index >= 15 is 0 Å². The van der Waals surface area contributed by atoms with Crippen molar-refractivity contribution in [3.05, 3.63) is 47.6 Å². The molecule has 0 saturated carbocycles. The van der Waals surface area contributed by atoms with Crippen LogP contribution in [0.4, 0.5) is 0 Å². The van der Waals surface area contributed by atoms with Crippen LogP contribution in [0, 0.1) is 45.3 Å². The number of nitrogens with one attached hydrogen (secondary N) is 2. The third kappa shape index (κ3) is 12.1. The SMILES string of the molecule is CC(C)(C)C1=CC(C=CC(=O)NCCCCCCNC(=O)C=CC2C=C(C(C)(C)C)C(=O)C(C(C)(C)C)C2)CC(C(C)(C)C)C1=O. The molecule has 0 heterocycles. The number of hydrogen-bond acceptors (Lipinski definition) is 4. The third-order valence-corrected chi connectivity index (χ3v) is 9.34. The summed E-state index contributed by atoms with van der Waals surface area (Å²) in [6.45, 7) is 26.4. The van der Waals surface area contributed by atoms with Gasteiger partial charge in [-0.15, -0.1) is 0 Å². The fourth-order valence-electron chi connectivity index (χ4n) is 6.43. The van der Waals surface area contributed by atoms with Crippen LogP contribution in [0.25, 0.3) is 0 Å². The predicted octanol–water partition coefficient (Wildman–Crippen LogP) is 8.34. The number of carbonyl (C=O) groups excluding carboxylic acids is 4. The Hall–Kier alpha value is -2.76. The van der Waals surface area contributed by atoms with Crippen molar-refractivity contribution in [3.63, 3.8) is 0 Å². The standard InChI is InChI=1S/C40H64N2O4/c1-37(2,3)29-23-27(24-30(35(29)45)38(4,5)6)17-19-33(43)41-21-15-13-14-16-22-42-34(44)20-18-28-25-31(39(7,8)9)36(46)32(26-28)40(10,11)12/h17-20,23,25,27-28,30,32H,13-16,21-22,24,26H2,1-12H3,(H,41,43)(H,42,44). The zero-order chi connectivity index (χ0) is 35.1. The highest BCUT2D eigenvalue weighted by atomic mass is 16.2. The zero-order valence-corrected chi connectivity index (χ0v) is 31.1. The number of allylic oxidation sites excluding steroid dienone is 6. The van der Waals surface area contributed by atoms with Gasteiger partial charge in [0.05, 0.1) is 0 Å². The van der Waals surface area contributed by atoms with Crippen molar-refractivity contribution < 1.29 is 19.2 Å². The number of carbonyl (C=O) groups is 4. The van der Waals surface area contributed by atoms with Gasteiger partial charge in [-0.3, -0.25) is 19.2 Å². The first-order valence-corrected chi connectivity index (χ1v) is 17.5. The van der Waals surface area contributed by atoms with Crippen LogP contribution in [0.2, 0.25) is 0 Å². The van der Waals surface area contributed by atoms with Crippen molar-refractivity contribution in [1.82, 2.24) is 10.6 Å². The second kappa shape index (κ2) is 15.9. The van der Waals surface area contributed by atoms with E-state index in [2.05, 4.69) is 106 Å². The van der Waals surface area contributed by atoms with Gasteiger partial charge in [-0.25, -0.2) is 0 Å². The Kier molecular flexibility index (Phi) is 13.6. The van der Waals surface area contributed by atoms with Gasteiger partial charge in [0.1, 0.15) is 0 Å². The van der Waals surface area contributed by atoms with Crippen LogP contribution < -0.4 is 10.6 Å². The van der Waals surface area contributed by atoms with Crippen molar-refractivity contribution in [1.29, 1.82) is 0 Å². The molecule has 2 aliphatic carbocycles. The van der Waals surface area contributed by atoms with Gasteiger partial charge >= 0.3 is 0 Å². The molecule has 4 atom stereocenters. The van der Waals surface area contributed by atoms with Crippen LogP contribution in [0.5, 0.6) is 0 Å². The first kappa shape index (κ1) is 39.4. The number of rotatable bonds is 11. The van der Waals surface area contributed by atoms with E-state index in [0.29, 0.717) is 13.1 Å². The molecule has 0 radical (unpaired) electrons. The molecule has 0 spiro atoms. The van der Waals surface area contributed by atoms with Gasteiger partial charge in [-0.05, 0) is 82.5 Å². The first-order chi connectivity index (χ1) is 21.0. The Bertz CT molecular complexity index is 1130. The quantitative estimate of drug-likeness (QED) is 0.176. The van der Waals surface area contributed by atoms with Crippen LogP contribution in [0.15, 0.2) is 47.6 Å². The Morgan fingerprint density at radius 3 is 1.22 bits per heavy atom. The Balaban J connectivity index is 1.73. The fraction of sp³-hybridized carbons (Fsp3) is 0.700. The van der Waals surface area contributed by atoms with Gasteiger partial charge in [-0.1, -0.05) is 120 Å². The maximum Gasteiger partial charge on any atom is 0.243 e. The molecule has 46 heavy (non-hydrogen) atoms. The molecule has 2 N–H and O–H groups in total. The van der Waals surface area contributed by atoms with Crippen molar-refractivity contribution >= 4 is 23.4 Å². The average Bonchev–Trinajstić information content (AvgIpc) is 2.90. The van der Waals surface area contributed by atoms with Crippen LogP contribution in [0.1, 0.15) is 122 Å². The summed E-state index contributed by atoms with van der Waals surface area (Å²) in [4.78, 5) is 51.3. The largest absolute Gasteiger partial charge is 0.353 e. The molecule has 0 aromatic carbocycles. The topological polar surface area (TPSA) is 92.3 Å². The lowest BCUT2D eigenvalue weighted by Crippen LogP contribution is -2.37. The summed E-state index contributed by atoms with van der Waals surface area (Å²) in [7, 11) is 0. The predicted molar refractivity (Wildman–Crippen MR) is 190 cm³/mol. The van der Waals surface area contributed by atoms with E-state index in [1.165, 1.54) is 0 Å². The van der Waals surface area contributed by atoms with Gasteiger partial charge in [-0.2, -0.15) is 0 Å². The fourth-order valence-corrected chi connectivity index (χ4v) is 6.43. The third-order valence-electron chi connectivity index (χ3n) is 9.34. The number of unbranched alkanes of at least 4 members (excludes halogenated alkanes) is 3. The number of Topliss-reactive ketones (excluding diaryl/α,β-unsaturated/α-hetero) is 2. The Morgan fingerprint density at radius 2 is 0.935 bits per heavy atom. The van der Waals surface area contributed by atoms with Gasteiger partial charge in [0.15, 0.2) is 11.6 Å². The smallest absolute Gasteiger partial charge is 0.243 e. The first-order valence-electron chi connectivity index (χ1n) is 17.5. The lowest BCUT2D eigenvalue weighted by atomic mass is 9.65. The van der Waals surface area contributed by atoms with E-state index in [1.54, 1.807) is 12.2 Å². The van der Waals surface area contributed by atoms with Crippen LogP contribution in [-0.2, 0) is 19.2 Å². The summed E-state index contributed by atoms with van der Waals surface area (Å²) in [5, 5.41) is 5.96.